The van der Waals surface area contributed by atoms with Gasteiger partial charge in [0.15, 0.2) is 0 Å². The zero-order valence-electron chi connectivity index (χ0n) is 12.8. The molecule has 2 unspecified atom stereocenters. The predicted molar refractivity (Wildman–Crippen MR) is 82.4 cm³/mol. The molecule has 1 aliphatic carbocycles. The van der Waals surface area contributed by atoms with E-state index in [1.165, 1.54) is 38.9 Å². The lowest BCUT2D eigenvalue weighted by Gasteiger charge is -2.46. The number of nitrogens with zero attached hydrogens (tertiary/aromatic N) is 1. The fourth-order valence-electron chi connectivity index (χ4n) is 2.97. The largest absolute Gasteiger partial charge is 0.311 e. The summed E-state index contributed by atoms with van der Waals surface area (Å²) in [4.78, 5) is 2.77. The minimum Gasteiger partial charge on any atom is -0.311 e. The number of rotatable bonds is 4. The van der Waals surface area contributed by atoms with E-state index in [0.29, 0.717) is 16.2 Å². The van der Waals surface area contributed by atoms with Gasteiger partial charge in [0.25, 0.3) is 0 Å². The predicted octanol–water partition coefficient (Wildman–Crippen LogP) is 2.98. The Balaban J connectivity index is 1.99. The van der Waals surface area contributed by atoms with Crippen LogP contribution in [0.15, 0.2) is 0 Å². The molecule has 2 nitrogen and oxygen atoms in total. The number of hydrogen-bond donors (Lipinski definition) is 1. The Labute approximate surface area is 117 Å². The van der Waals surface area contributed by atoms with E-state index >= 15 is 0 Å². The zero-order chi connectivity index (χ0) is 13.4. The van der Waals surface area contributed by atoms with Crippen LogP contribution in [0.5, 0.6) is 0 Å². The number of piperazine rings is 1. The van der Waals surface area contributed by atoms with Gasteiger partial charge in [-0.25, -0.2) is 0 Å². The minimum absolute atomic E-state index is 0.368. The van der Waals surface area contributed by atoms with Crippen molar-refractivity contribution < 1.29 is 0 Å². The van der Waals surface area contributed by atoms with Crippen LogP contribution in [0.3, 0.4) is 0 Å². The van der Waals surface area contributed by atoms with Gasteiger partial charge >= 0.3 is 0 Å². The lowest BCUT2D eigenvalue weighted by molar-refractivity contribution is 0.0825. The van der Waals surface area contributed by atoms with E-state index in [-0.39, 0.29) is 0 Å². The van der Waals surface area contributed by atoms with Crippen molar-refractivity contribution in [3.8, 4) is 0 Å². The molecule has 2 rings (SSSR count). The van der Waals surface area contributed by atoms with E-state index < -0.39 is 0 Å². The van der Waals surface area contributed by atoms with Gasteiger partial charge in [0.2, 0.25) is 0 Å². The van der Waals surface area contributed by atoms with Crippen LogP contribution in [0.2, 0.25) is 0 Å². The average Bonchev–Trinajstić information content (AvgIpc) is 3.08. The molecule has 0 spiro atoms. The first kappa shape index (κ1) is 14.7. The Morgan fingerprint density at radius 1 is 1.33 bits per heavy atom. The average molecular weight is 270 g/mol. The molecule has 0 bridgehead atoms. The molecule has 18 heavy (non-hydrogen) atoms. The second kappa shape index (κ2) is 5.34. The normalized spacial score (nSPS) is 32.5. The first-order chi connectivity index (χ1) is 8.40. The van der Waals surface area contributed by atoms with Crippen LogP contribution in [0.1, 0.15) is 47.0 Å². The Morgan fingerprint density at radius 2 is 2.00 bits per heavy atom. The third kappa shape index (κ3) is 3.23. The topological polar surface area (TPSA) is 15.3 Å². The Bertz CT molecular complexity index is 281. The summed E-state index contributed by atoms with van der Waals surface area (Å²) in [5.74, 6) is 0. The van der Waals surface area contributed by atoms with Crippen LogP contribution in [-0.4, -0.2) is 47.6 Å². The summed E-state index contributed by atoms with van der Waals surface area (Å²) >= 11 is 2.09. The second-order valence-electron chi connectivity index (χ2n) is 7.21. The number of hydrogen-bond acceptors (Lipinski definition) is 3. The van der Waals surface area contributed by atoms with Gasteiger partial charge in [-0.2, -0.15) is 11.8 Å². The van der Waals surface area contributed by atoms with Crippen LogP contribution >= 0.6 is 11.8 Å². The molecule has 0 aromatic rings. The maximum atomic E-state index is 3.77. The van der Waals surface area contributed by atoms with Crippen molar-refractivity contribution in [2.24, 2.45) is 5.41 Å². The van der Waals surface area contributed by atoms with Gasteiger partial charge in [-0.3, -0.25) is 4.90 Å². The van der Waals surface area contributed by atoms with Crippen LogP contribution in [0, 0.1) is 5.41 Å². The molecule has 0 aromatic carbocycles. The highest BCUT2D eigenvalue weighted by molar-refractivity contribution is 8.00. The van der Waals surface area contributed by atoms with Gasteiger partial charge < -0.3 is 5.32 Å². The molecule has 1 heterocycles. The maximum absolute atomic E-state index is 3.77. The molecule has 3 heteroatoms. The molecule has 1 saturated heterocycles. The van der Waals surface area contributed by atoms with Crippen molar-refractivity contribution >= 4 is 11.8 Å². The molecule has 106 valence electrons. The molecule has 1 saturated carbocycles. The van der Waals surface area contributed by atoms with Gasteiger partial charge in [-0.1, -0.05) is 27.7 Å². The van der Waals surface area contributed by atoms with Crippen molar-refractivity contribution in [1.82, 2.24) is 10.2 Å². The monoisotopic (exact) mass is 270 g/mol. The first-order valence-electron chi connectivity index (χ1n) is 7.43. The molecule has 0 aromatic heterocycles. The summed E-state index contributed by atoms with van der Waals surface area (Å²) in [6.45, 7) is 13.1. The Kier molecular flexibility index (Phi) is 4.35. The lowest BCUT2D eigenvalue weighted by atomic mass is 9.84. The smallest absolute Gasteiger partial charge is 0.0285 e. The second-order valence-corrected chi connectivity index (χ2v) is 8.48. The molecule has 2 fully saturated rings. The molecule has 0 radical (unpaired) electrons. The van der Waals surface area contributed by atoms with Crippen molar-refractivity contribution in [2.75, 3.05) is 25.9 Å². The van der Waals surface area contributed by atoms with Crippen molar-refractivity contribution in [3.05, 3.63) is 0 Å². The van der Waals surface area contributed by atoms with Crippen LogP contribution in [0.25, 0.3) is 0 Å². The molecule has 2 atom stereocenters. The van der Waals surface area contributed by atoms with Gasteiger partial charge in [0.1, 0.15) is 0 Å². The van der Waals surface area contributed by atoms with Gasteiger partial charge in [-0.05, 0) is 30.9 Å². The van der Waals surface area contributed by atoms with Crippen molar-refractivity contribution in [1.29, 1.82) is 0 Å². The van der Waals surface area contributed by atoms with E-state index in [0.717, 1.165) is 6.04 Å². The van der Waals surface area contributed by atoms with Crippen LogP contribution in [0.4, 0.5) is 0 Å². The van der Waals surface area contributed by atoms with E-state index in [1.54, 1.807) is 0 Å². The molecule has 1 aliphatic heterocycles. The summed E-state index contributed by atoms with van der Waals surface area (Å²) < 4.78 is 0.604. The van der Waals surface area contributed by atoms with Gasteiger partial charge in [-0.15, -0.1) is 0 Å². The highest BCUT2D eigenvalue weighted by atomic mass is 32.2. The quantitative estimate of drug-likeness (QED) is 0.845. The Morgan fingerprint density at radius 3 is 2.44 bits per heavy atom. The molecular weight excluding hydrogens is 240 g/mol. The minimum atomic E-state index is 0.368. The molecule has 0 amide bonds. The summed E-state index contributed by atoms with van der Waals surface area (Å²) in [7, 11) is 0. The molecule has 1 N–H and O–H groups in total. The SMILES string of the molecule is CCC1CNC(C(C)(C)C)CN1CC1(SC)CC1. The van der Waals surface area contributed by atoms with E-state index in [9.17, 15) is 0 Å². The summed E-state index contributed by atoms with van der Waals surface area (Å²) in [5.41, 5.74) is 0.368. The molecule has 2 aliphatic rings. The lowest BCUT2D eigenvalue weighted by Crippen LogP contribution is -2.61. The highest BCUT2D eigenvalue weighted by Crippen LogP contribution is 2.48. The van der Waals surface area contributed by atoms with E-state index in [1.807, 2.05) is 0 Å². The highest BCUT2D eigenvalue weighted by Gasteiger charge is 2.45. The van der Waals surface area contributed by atoms with Gasteiger partial charge in [0.05, 0.1) is 0 Å². The van der Waals surface area contributed by atoms with Gasteiger partial charge in [0, 0.05) is 36.5 Å². The fourth-order valence-corrected chi connectivity index (χ4v) is 3.77. The maximum Gasteiger partial charge on any atom is 0.0285 e. The van der Waals surface area contributed by atoms with Crippen LogP contribution < -0.4 is 5.32 Å². The molecular formula is C15H30N2S. The zero-order valence-corrected chi connectivity index (χ0v) is 13.6. The third-order valence-corrected chi connectivity index (χ3v) is 6.19. The summed E-state index contributed by atoms with van der Waals surface area (Å²) in [6.07, 6.45) is 6.41. The van der Waals surface area contributed by atoms with E-state index in [4.69, 9.17) is 0 Å². The Hall–Kier alpha value is 0.270. The summed E-state index contributed by atoms with van der Waals surface area (Å²) in [5, 5.41) is 3.77. The van der Waals surface area contributed by atoms with Crippen LogP contribution in [-0.2, 0) is 0 Å². The number of thioether (sulfide) groups is 1. The van der Waals surface area contributed by atoms with Crippen molar-refractivity contribution in [2.45, 2.75) is 63.8 Å². The number of nitrogens with one attached hydrogen (secondary N) is 1. The summed E-state index contributed by atoms with van der Waals surface area (Å²) in [6, 6.07) is 1.38. The van der Waals surface area contributed by atoms with E-state index in [2.05, 4.69) is 55.9 Å². The fraction of sp³-hybridized carbons (Fsp3) is 1.00. The first-order valence-corrected chi connectivity index (χ1v) is 8.65. The third-order valence-electron chi connectivity index (χ3n) is 4.78. The standard InChI is InChI=1S/C15H30N2S/c1-6-12-9-16-13(14(2,3)4)10-17(12)11-15(18-5)7-8-15/h12-13,16H,6-11H2,1-5H3. The van der Waals surface area contributed by atoms with Crippen molar-refractivity contribution in [3.63, 3.8) is 0 Å².